The van der Waals surface area contributed by atoms with Crippen LogP contribution in [-0.2, 0) is 6.42 Å². The maximum atomic E-state index is 12.4. The van der Waals surface area contributed by atoms with Crippen LogP contribution in [0, 0.1) is 0 Å². The number of carbonyl (C=O) groups excluding carboxylic acids is 1. The number of nitrogens with zero attached hydrogens (tertiary/aromatic N) is 3. The zero-order valence-electron chi connectivity index (χ0n) is 17.8. The largest absolute Gasteiger partial charge is 0.384 e. The summed E-state index contributed by atoms with van der Waals surface area (Å²) in [6, 6.07) is 11.8. The van der Waals surface area contributed by atoms with Crippen molar-refractivity contribution in [3.63, 3.8) is 0 Å². The van der Waals surface area contributed by atoms with E-state index in [1.807, 2.05) is 61.6 Å². The Morgan fingerprint density at radius 2 is 2.00 bits per heavy atom. The monoisotopic (exact) mass is 414 g/mol. The van der Waals surface area contributed by atoms with Gasteiger partial charge in [-0.15, -0.1) is 0 Å². The Balaban J connectivity index is 1.53. The number of hydrogen-bond donors (Lipinski definition) is 3. The zero-order chi connectivity index (χ0) is 21.4. The molecule has 0 aliphatic carbocycles. The normalized spacial score (nSPS) is 13.4. The number of benzene rings is 2. The van der Waals surface area contributed by atoms with Gasteiger partial charge in [-0.1, -0.05) is 12.1 Å². The van der Waals surface area contributed by atoms with Gasteiger partial charge in [0.2, 0.25) is 0 Å². The first-order chi connectivity index (χ1) is 15.1. The Bertz CT molecular complexity index is 1260. The summed E-state index contributed by atoms with van der Waals surface area (Å²) in [6.07, 6.45) is 3.92. The van der Waals surface area contributed by atoms with Crippen molar-refractivity contribution < 1.29 is 4.79 Å². The SMILES string of the molecule is CN(C)CCNC(=O)c1ccc(-c2nc3ccc4[nH]ncc4c3c3c2CCCN3)cc1. The van der Waals surface area contributed by atoms with Crippen molar-refractivity contribution in [2.24, 2.45) is 0 Å². The van der Waals surface area contributed by atoms with Crippen molar-refractivity contribution in [2.45, 2.75) is 12.8 Å². The second-order valence-electron chi connectivity index (χ2n) is 8.27. The lowest BCUT2D eigenvalue weighted by atomic mass is 9.93. The van der Waals surface area contributed by atoms with Gasteiger partial charge in [0.15, 0.2) is 0 Å². The van der Waals surface area contributed by atoms with Crippen molar-refractivity contribution in [3.05, 3.63) is 53.7 Å². The molecule has 2 aromatic heterocycles. The summed E-state index contributed by atoms with van der Waals surface area (Å²) in [4.78, 5) is 19.5. The maximum absolute atomic E-state index is 12.4. The van der Waals surface area contributed by atoms with Crippen LogP contribution in [0.5, 0.6) is 0 Å². The Morgan fingerprint density at radius 3 is 2.81 bits per heavy atom. The number of hydrogen-bond acceptors (Lipinski definition) is 5. The molecule has 0 bridgehead atoms. The third-order valence-corrected chi connectivity index (χ3v) is 5.84. The molecule has 2 aromatic carbocycles. The molecule has 3 heterocycles. The average molecular weight is 415 g/mol. The first-order valence-electron chi connectivity index (χ1n) is 10.7. The fraction of sp³-hybridized carbons (Fsp3) is 0.292. The van der Waals surface area contributed by atoms with Crippen LogP contribution in [0.25, 0.3) is 33.1 Å². The predicted octanol–water partition coefficient (Wildman–Crippen LogP) is 3.43. The van der Waals surface area contributed by atoms with Gasteiger partial charge in [0.05, 0.1) is 22.9 Å². The Labute approximate surface area is 180 Å². The van der Waals surface area contributed by atoms with Gasteiger partial charge in [0, 0.05) is 52.8 Å². The van der Waals surface area contributed by atoms with E-state index in [4.69, 9.17) is 4.98 Å². The second-order valence-corrected chi connectivity index (χ2v) is 8.27. The molecule has 1 aliphatic heterocycles. The Hall–Kier alpha value is -3.45. The molecule has 1 aliphatic rings. The third kappa shape index (κ3) is 3.61. The number of aromatic nitrogens is 3. The number of pyridine rings is 1. The number of fused-ring (bicyclic) bond motifs is 5. The number of rotatable bonds is 5. The molecule has 7 nitrogen and oxygen atoms in total. The molecule has 0 spiro atoms. The van der Waals surface area contributed by atoms with Crippen LogP contribution >= 0.6 is 0 Å². The van der Waals surface area contributed by atoms with Gasteiger partial charge in [-0.05, 0) is 51.2 Å². The highest BCUT2D eigenvalue weighted by atomic mass is 16.1. The van der Waals surface area contributed by atoms with E-state index in [-0.39, 0.29) is 5.91 Å². The zero-order valence-corrected chi connectivity index (χ0v) is 17.8. The summed E-state index contributed by atoms with van der Waals surface area (Å²) in [7, 11) is 3.98. The minimum absolute atomic E-state index is 0.0501. The fourth-order valence-electron chi connectivity index (χ4n) is 4.25. The van der Waals surface area contributed by atoms with E-state index >= 15 is 0 Å². The summed E-state index contributed by atoms with van der Waals surface area (Å²) in [5.41, 5.74) is 7.02. The summed E-state index contributed by atoms with van der Waals surface area (Å²) in [5.74, 6) is -0.0501. The number of amides is 1. The minimum atomic E-state index is -0.0501. The van der Waals surface area contributed by atoms with E-state index in [0.717, 1.165) is 64.7 Å². The van der Waals surface area contributed by atoms with Crippen LogP contribution in [0.3, 0.4) is 0 Å². The van der Waals surface area contributed by atoms with E-state index in [1.165, 1.54) is 5.56 Å². The lowest BCUT2D eigenvalue weighted by Gasteiger charge is -2.23. The van der Waals surface area contributed by atoms with E-state index in [1.54, 1.807) is 0 Å². The smallest absolute Gasteiger partial charge is 0.251 e. The van der Waals surface area contributed by atoms with Gasteiger partial charge in [-0.3, -0.25) is 9.89 Å². The first kappa shape index (κ1) is 19.5. The van der Waals surface area contributed by atoms with Crippen molar-refractivity contribution >= 4 is 33.4 Å². The molecule has 0 fully saturated rings. The van der Waals surface area contributed by atoms with Gasteiger partial charge in [-0.25, -0.2) is 4.98 Å². The fourth-order valence-corrected chi connectivity index (χ4v) is 4.25. The lowest BCUT2D eigenvalue weighted by molar-refractivity contribution is 0.0951. The molecule has 158 valence electrons. The number of H-pyrrole nitrogens is 1. The lowest BCUT2D eigenvalue weighted by Crippen LogP contribution is -2.31. The number of carbonyl (C=O) groups is 1. The highest BCUT2D eigenvalue weighted by Crippen LogP contribution is 2.39. The molecule has 31 heavy (non-hydrogen) atoms. The van der Waals surface area contributed by atoms with Gasteiger partial charge in [-0.2, -0.15) is 5.10 Å². The summed E-state index contributed by atoms with van der Waals surface area (Å²) >= 11 is 0. The summed E-state index contributed by atoms with van der Waals surface area (Å²) in [5, 5.41) is 16.1. The van der Waals surface area contributed by atoms with Crippen molar-refractivity contribution in [3.8, 4) is 11.3 Å². The van der Waals surface area contributed by atoms with Crippen LogP contribution in [0.1, 0.15) is 22.3 Å². The Morgan fingerprint density at radius 1 is 1.16 bits per heavy atom. The standard InChI is InChI=1S/C24H26N6O/c1-30(2)13-12-26-24(31)16-7-5-15(6-8-16)22-17-4-3-11-25-23(17)21-18-14-27-29-19(18)9-10-20(21)28-22/h5-10,14,25H,3-4,11-13H2,1-2H3,(H,26,31)(H,27,29). The number of nitrogens with one attached hydrogen (secondary N) is 3. The second kappa shape index (κ2) is 8.00. The molecular weight excluding hydrogens is 388 g/mol. The molecule has 5 rings (SSSR count). The van der Waals surface area contributed by atoms with Crippen molar-refractivity contribution in [2.75, 3.05) is 39.0 Å². The summed E-state index contributed by atoms with van der Waals surface area (Å²) in [6.45, 7) is 2.39. The Kier molecular flexibility index (Phi) is 5.03. The van der Waals surface area contributed by atoms with Crippen LogP contribution < -0.4 is 10.6 Å². The number of anilines is 1. The molecule has 0 saturated heterocycles. The summed E-state index contributed by atoms with van der Waals surface area (Å²) < 4.78 is 0. The minimum Gasteiger partial charge on any atom is -0.384 e. The van der Waals surface area contributed by atoms with Crippen LogP contribution in [0.2, 0.25) is 0 Å². The quantitative estimate of drug-likeness (QED) is 0.466. The molecule has 0 radical (unpaired) electrons. The van der Waals surface area contributed by atoms with Crippen LogP contribution in [-0.4, -0.2) is 59.7 Å². The van der Waals surface area contributed by atoms with Crippen molar-refractivity contribution in [1.29, 1.82) is 0 Å². The highest BCUT2D eigenvalue weighted by molar-refractivity contribution is 6.13. The van der Waals surface area contributed by atoms with E-state index in [0.29, 0.717) is 12.1 Å². The third-order valence-electron chi connectivity index (χ3n) is 5.84. The van der Waals surface area contributed by atoms with Crippen LogP contribution in [0.4, 0.5) is 5.69 Å². The molecule has 0 atom stereocenters. The van der Waals surface area contributed by atoms with Crippen LogP contribution in [0.15, 0.2) is 42.6 Å². The van der Waals surface area contributed by atoms with Gasteiger partial charge < -0.3 is 15.5 Å². The molecule has 7 heteroatoms. The van der Waals surface area contributed by atoms with Gasteiger partial charge >= 0.3 is 0 Å². The molecule has 0 saturated carbocycles. The maximum Gasteiger partial charge on any atom is 0.251 e. The average Bonchev–Trinajstić information content (AvgIpc) is 3.27. The number of aromatic amines is 1. The molecular formula is C24H26N6O. The number of likely N-dealkylation sites (N-methyl/N-ethyl adjacent to an activating group) is 1. The predicted molar refractivity (Wildman–Crippen MR) is 125 cm³/mol. The van der Waals surface area contributed by atoms with E-state index in [9.17, 15) is 4.79 Å². The highest BCUT2D eigenvalue weighted by Gasteiger charge is 2.21. The van der Waals surface area contributed by atoms with E-state index < -0.39 is 0 Å². The molecule has 0 unspecified atom stereocenters. The van der Waals surface area contributed by atoms with Crippen molar-refractivity contribution in [1.82, 2.24) is 25.4 Å². The molecule has 1 amide bonds. The van der Waals surface area contributed by atoms with Gasteiger partial charge in [0.1, 0.15) is 0 Å². The van der Waals surface area contributed by atoms with E-state index in [2.05, 4.69) is 20.8 Å². The first-order valence-corrected chi connectivity index (χ1v) is 10.7. The van der Waals surface area contributed by atoms with Gasteiger partial charge in [0.25, 0.3) is 5.91 Å². The molecule has 4 aromatic rings. The molecule has 3 N–H and O–H groups in total. The topological polar surface area (TPSA) is 85.9 Å².